The van der Waals surface area contributed by atoms with E-state index in [0.29, 0.717) is 25.0 Å². The molecule has 0 heterocycles. The van der Waals surface area contributed by atoms with Crippen molar-refractivity contribution in [3.8, 4) is 0 Å². The molecular formula is C25H38N4O6S. The molecule has 11 heteroatoms. The van der Waals surface area contributed by atoms with E-state index in [2.05, 4.69) is 26.0 Å². The fraction of sp³-hybridized carbons (Fsp3) is 0.560. The molecule has 0 aliphatic carbocycles. The largest absolute Gasteiger partial charge is 0.469 e. The quantitative estimate of drug-likeness (QED) is 0.175. The van der Waals surface area contributed by atoms with Crippen LogP contribution in [0.5, 0.6) is 0 Å². The minimum absolute atomic E-state index is 0.00143. The summed E-state index contributed by atoms with van der Waals surface area (Å²) < 4.78 is 4.59. The van der Waals surface area contributed by atoms with Gasteiger partial charge in [-0.3, -0.25) is 24.0 Å². The molecule has 0 fully saturated rings. The Bertz CT molecular complexity index is 852. The first-order chi connectivity index (χ1) is 17.2. The summed E-state index contributed by atoms with van der Waals surface area (Å²) in [4.78, 5) is 61.4. The van der Waals surface area contributed by atoms with Crippen molar-refractivity contribution in [1.82, 2.24) is 21.3 Å². The lowest BCUT2D eigenvalue weighted by Gasteiger charge is -2.26. The fourth-order valence-electron chi connectivity index (χ4n) is 3.43. The molecule has 10 nitrogen and oxygen atoms in total. The number of benzene rings is 1. The van der Waals surface area contributed by atoms with Crippen LogP contribution in [0.1, 0.15) is 38.7 Å². The normalized spacial score (nSPS) is 13.1. The Balaban J connectivity index is 3.00. The van der Waals surface area contributed by atoms with Gasteiger partial charge in [-0.2, -0.15) is 11.8 Å². The molecule has 1 aromatic rings. The lowest BCUT2D eigenvalue weighted by molar-refractivity contribution is -0.140. The molecule has 0 bridgehead atoms. The van der Waals surface area contributed by atoms with Gasteiger partial charge < -0.3 is 26.0 Å². The van der Waals surface area contributed by atoms with E-state index < -0.39 is 41.8 Å². The van der Waals surface area contributed by atoms with E-state index in [1.807, 2.05) is 50.4 Å². The maximum absolute atomic E-state index is 13.3. The van der Waals surface area contributed by atoms with Gasteiger partial charge in [0.05, 0.1) is 13.5 Å². The molecule has 36 heavy (non-hydrogen) atoms. The van der Waals surface area contributed by atoms with Gasteiger partial charge in [0.15, 0.2) is 0 Å². The highest BCUT2D eigenvalue weighted by molar-refractivity contribution is 7.98. The smallest absolute Gasteiger partial charge is 0.307 e. The third kappa shape index (κ3) is 12.1. The number of nitrogens with one attached hydrogen (secondary N) is 4. The molecule has 1 aromatic carbocycles. The molecule has 4 N–H and O–H groups in total. The predicted octanol–water partition coefficient (Wildman–Crippen LogP) is 0.792. The van der Waals surface area contributed by atoms with Crippen molar-refractivity contribution in [2.75, 3.05) is 25.7 Å². The molecule has 0 aliphatic rings. The zero-order valence-corrected chi connectivity index (χ0v) is 22.2. The Morgan fingerprint density at radius 2 is 1.61 bits per heavy atom. The van der Waals surface area contributed by atoms with Crippen molar-refractivity contribution in [1.29, 1.82) is 0 Å². The van der Waals surface area contributed by atoms with Gasteiger partial charge in [0.2, 0.25) is 24.1 Å². The number of carbonyl (C=O) groups excluding carboxylic acids is 5. The van der Waals surface area contributed by atoms with Crippen LogP contribution in [-0.2, 0) is 35.1 Å². The van der Waals surface area contributed by atoms with Crippen LogP contribution >= 0.6 is 11.8 Å². The molecule has 200 valence electrons. The summed E-state index contributed by atoms with van der Waals surface area (Å²) in [5, 5.41) is 10.7. The highest BCUT2D eigenvalue weighted by Gasteiger charge is 2.29. The number of hydrogen-bond donors (Lipinski definition) is 4. The molecular weight excluding hydrogens is 484 g/mol. The van der Waals surface area contributed by atoms with E-state index in [9.17, 15) is 24.0 Å². The van der Waals surface area contributed by atoms with Crippen LogP contribution in [0.25, 0.3) is 0 Å². The number of amides is 4. The summed E-state index contributed by atoms with van der Waals surface area (Å²) in [6.07, 6.45) is 3.35. The molecule has 4 amide bonds. The first-order valence-corrected chi connectivity index (χ1v) is 13.3. The Labute approximate surface area is 217 Å². The first-order valence-electron chi connectivity index (χ1n) is 11.9. The summed E-state index contributed by atoms with van der Waals surface area (Å²) in [6.45, 7) is 3.90. The van der Waals surface area contributed by atoms with Crippen molar-refractivity contribution in [3.05, 3.63) is 35.9 Å². The van der Waals surface area contributed by atoms with Crippen LogP contribution in [0.4, 0.5) is 0 Å². The predicted molar refractivity (Wildman–Crippen MR) is 139 cm³/mol. The molecule has 0 saturated heterocycles. The average molecular weight is 523 g/mol. The Kier molecular flexibility index (Phi) is 14.9. The van der Waals surface area contributed by atoms with E-state index in [0.717, 1.165) is 5.56 Å². The number of ether oxygens (including phenoxy) is 1. The van der Waals surface area contributed by atoms with Crippen molar-refractivity contribution in [2.24, 2.45) is 5.92 Å². The van der Waals surface area contributed by atoms with Crippen LogP contribution in [0.2, 0.25) is 0 Å². The lowest BCUT2D eigenvalue weighted by atomic mass is 10.0. The highest BCUT2D eigenvalue weighted by atomic mass is 32.2. The lowest BCUT2D eigenvalue weighted by Crippen LogP contribution is -2.57. The zero-order chi connectivity index (χ0) is 26.9. The van der Waals surface area contributed by atoms with Gasteiger partial charge in [-0.15, -0.1) is 0 Å². The second-order valence-electron chi connectivity index (χ2n) is 8.68. The number of hydrogen-bond acceptors (Lipinski definition) is 7. The van der Waals surface area contributed by atoms with Crippen molar-refractivity contribution < 1.29 is 28.7 Å². The topological polar surface area (TPSA) is 143 Å². The van der Waals surface area contributed by atoms with Gasteiger partial charge in [-0.1, -0.05) is 44.2 Å². The summed E-state index contributed by atoms with van der Waals surface area (Å²) in [5.74, 6) is -1.14. The van der Waals surface area contributed by atoms with Gasteiger partial charge in [0.25, 0.3) is 0 Å². The molecule has 0 spiro atoms. The number of carbonyl (C=O) groups is 5. The van der Waals surface area contributed by atoms with Crippen LogP contribution in [0, 0.1) is 5.92 Å². The molecule has 0 radical (unpaired) electrons. The molecule has 3 atom stereocenters. The van der Waals surface area contributed by atoms with Gasteiger partial charge in [-0.25, -0.2) is 0 Å². The van der Waals surface area contributed by atoms with Gasteiger partial charge >= 0.3 is 5.97 Å². The van der Waals surface area contributed by atoms with Crippen LogP contribution in [-0.4, -0.2) is 73.9 Å². The van der Waals surface area contributed by atoms with E-state index in [4.69, 9.17) is 0 Å². The van der Waals surface area contributed by atoms with E-state index in [-0.39, 0.29) is 25.3 Å². The summed E-state index contributed by atoms with van der Waals surface area (Å²) >= 11 is 1.54. The molecule has 0 aliphatic heterocycles. The second kappa shape index (κ2) is 17.4. The number of methoxy groups -OCH3 is 1. The van der Waals surface area contributed by atoms with E-state index >= 15 is 0 Å². The SMILES string of the molecule is COC(=O)CCNC(=O)C(Cc1ccccc1)NC(=O)C(CC(C)C)NC(=O)C(CCSC)NC=O. The zero-order valence-electron chi connectivity index (χ0n) is 21.4. The van der Waals surface area contributed by atoms with Crippen LogP contribution in [0.15, 0.2) is 30.3 Å². The van der Waals surface area contributed by atoms with Crippen molar-refractivity contribution in [2.45, 2.75) is 57.7 Å². The summed E-state index contributed by atoms with van der Waals surface area (Å²) in [6, 6.07) is 6.61. The maximum Gasteiger partial charge on any atom is 0.307 e. The maximum atomic E-state index is 13.3. The Morgan fingerprint density at radius 1 is 0.972 bits per heavy atom. The number of rotatable bonds is 17. The first kappa shape index (κ1) is 31.0. The Hall–Kier alpha value is -3.08. The van der Waals surface area contributed by atoms with Crippen LogP contribution < -0.4 is 21.3 Å². The summed E-state index contributed by atoms with van der Waals surface area (Å²) in [7, 11) is 1.27. The van der Waals surface area contributed by atoms with Crippen molar-refractivity contribution in [3.63, 3.8) is 0 Å². The third-order valence-electron chi connectivity index (χ3n) is 5.31. The number of thioether (sulfide) groups is 1. The minimum Gasteiger partial charge on any atom is -0.469 e. The standard InChI is InChI=1S/C25H38N4O6S/c1-17(2)14-20(28-24(33)19(27-16-30)11-13-36-4)25(34)29-21(15-18-8-6-5-7-9-18)23(32)26-12-10-22(31)35-3/h5-9,16-17,19-21H,10-15H2,1-4H3,(H,26,32)(H,27,30)(H,28,33)(H,29,34). The van der Waals surface area contributed by atoms with Gasteiger partial charge in [0.1, 0.15) is 18.1 Å². The molecule has 0 saturated carbocycles. The van der Waals surface area contributed by atoms with Gasteiger partial charge in [-0.05, 0) is 36.3 Å². The Morgan fingerprint density at radius 3 is 2.19 bits per heavy atom. The van der Waals surface area contributed by atoms with Crippen molar-refractivity contribution >= 4 is 41.9 Å². The second-order valence-corrected chi connectivity index (χ2v) is 9.66. The summed E-state index contributed by atoms with van der Waals surface area (Å²) in [5.41, 5.74) is 0.836. The number of esters is 1. The van der Waals surface area contributed by atoms with Crippen LogP contribution in [0.3, 0.4) is 0 Å². The fourth-order valence-corrected chi connectivity index (χ4v) is 3.90. The molecule has 3 unspecified atom stereocenters. The molecule has 1 rings (SSSR count). The highest BCUT2D eigenvalue weighted by Crippen LogP contribution is 2.09. The molecule has 0 aromatic heterocycles. The minimum atomic E-state index is -0.926. The van der Waals surface area contributed by atoms with E-state index in [1.165, 1.54) is 7.11 Å². The van der Waals surface area contributed by atoms with E-state index in [1.54, 1.807) is 11.8 Å². The van der Waals surface area contributed by atoms with Gasteiger partial charge in [0, 0.05) is 13.0 Å². The third-order valence-corrected chi connectivity index (χ3v) is 5.95. The monoisotopic (exact) mass is 522 g/mol. The average Bonchev–Trinajstić information content (AvgIpc) is 2.85.